The van der Waals surface area contributed by atoms with E-state index in [1.807, 2.05) is 42.2 Å². The molecule has 0 atom stereocenters. The molecule has 0 spiro atoms. The van der Waals surface area contributed by atoms with Crippen molar-refractivity contribution in [2.24, 2.45) is 0 Å². The van der Waals surface area contributed by atoms with Crippen LogP contribution in [-0.2, 0) is 6.54 Å². The number of piperazine rings is 1. The van der Waals surface area contributed by atoms with Crippen LogP contribution in [0, 0.1) is 6.92 Å². The molecule has 4 heterocycles. The fourth-order valence-corrected chi connectivity index (χ4v) is 3.11. The average Bonchev–Trinajstić information content (AvgIpc) is 2.97. The summed E-state index contributed by atoms with van der Waals surface area (Å²) in [5, 5.41) is 4.47. The molecule has 3 aromatic heterocycles. The summed E-state index contributed by atoms with van der Waals surface area (Å²) in [5.41, 5.74) is 3.24. The zero-order valence-corrected chi connectivity index (χ0v) is 13.3. The molecule has 0 amide bonds. The van der Waals surface area contributed by atoms with Gasteiger partial charge in [0.05, 0.1) is 11.4 Å². The van der Waals surface area contributed by atoms with Gasteiger partial charge in [-0.1, -0.05) is 6.07 Å². The Kier molecular flexibility index (Phi) is 3.67. The van der Waals surface area contributed by atoms with Gasteiger partial charge in [-0.15, -0.1) is 0 Å². The first-order valence-electron chi connectivity index (χ1n) is 7.98. The maximum Gasteiger partial charge on any atom is 0.154 e. The first-order chi connectivity index (χ1) is 11.3. The summed E-state index contributed by atoms with van der Waals surface area (Å²) in [7, 11) is 0. The van der Waals surface area contributed by atoms with Crippen LogP contribution in [0.4, 0.5) is 5.82 Å². The molecule has 3 aromatic rings. The second kappa shape index (κ2) is 5.96. The zero-order chi connectivity index (χ0) is 15.6. The number of hydrogen-bond donors (Lipinski definition) is 0. The van der Waals surface area contributed by atoms with Gasteiger partial charge in [0.25, 0.3) is 0 Å². The van der Waals surface area contributed by atoms with E-state index in [9.17, 15) is 0 Å². The lowest BCUT2D eigenvalue weighted by atomic mass is 10.2. The third-order valence-corrected chi connectivity index (χ3v) is 4.28. The van der Waals surface area contributed by atoms with Gasteiger partial charge in [0.15, 0.2) is 5.82 Å². The van der Waals surface area contributed by atoms with Gasteiger partial charge in [-0.05, 0) is 25.1 Å². The number of nitrogens with zero attached hydrogens (tertiary/aromatic N) is 6. The highest BCUT2D eigenvalue weighted by molar-refractivity contribution is 5.69. The van der Waals surface area contributed by atoms with Crippen molar-refractivity contribution in [3.8, 4) is 0 Å². The van der Waals surface area contributed by atoms with E-state index < -0.39 is 0 Å². The summed E-state index contributed by atoms with van der Waals surface area (Å²) in [4.78, 5) is 13.8. The maximum absolute atomic E-state index is 4.59. The first-order valence-corrected chi connectivity index (χ1v) is 7.98. The topological polar surface area (TPSA) is 49.6 Å². The van der Waals surface area contributed by atoms with Crippen LogP contribution in [0.15, 0.2) is 42.9 Å². The van der Waals surface area contributed by atoms with E-state index in [-0.39, 0.29) is 0 Å². The lowest BCUT2D eigenvalue weighted by molar-refractivity contribution is 0.246. The Balaban J connectivity index is 1.46. The van der Waals surface area contributed by atoms with Crippen LogP contribution in [0.3, 0.4) is 0 Å². The first kappa shape index (κ1) is 14.1. The average molecular weight is 308 g/mol. The fourth-order valence-electron chi connectivity index (χ4n) is 3.11. The predicted octanol–water partition coefficient (Wildman–Crippen LogP) is 1.75. The monoisotopic (exact) mass is 308 g/mol. The molecule has 0 aromatic carbocycles. The maximum atomic E-state index is 4.59. The van der Waals surface area contributed by atoms with Gasteiger partial charge in [0.1, 0.15) is 5.52 Å². The quantitative estimate of drug-likeness (QED) is 0.738. The minimum Gasteiger partial charge on any atom is -0.352 e. The van der Waals surface area contributed by atoms with Crippen molar-refractivity contribution >= 4 is 11.3 Å². The van der Waals surface area contributed by atoms with E-state index in [1.165, 1.54) is 0 Å². The van der Waals surface area contributed by atoms with E-state index in [0.717, 1.165) is 55.4 Å². The summed E-state index contributed by atoms with van der Waals surface area (Å²) in [6, 6.07) is 8.19. The second-order valence-corrected chi connectivity index (χ2v) is 5.95. The lowest BCUT2D eigenvalue weighted by Crippen LogP contribution is -2.46. The Morgan fingerprint density at radius 1 is 1.04 bits per heavy atom. The highest BCUT2D eigenvalue weighted by Crippen LogP contribution is 2.21. The fraction of sp³-hybridized carbons (Fsp3) is 0.353. The molecule has 1 fully saturated rings. The molecule has 1 aliphatic heterocycles. The van der Waals surface area contributed by atoms with Gasteiger partial charge in [-0.25, -0.2) is 9.50 Å². The Hall–Kier alpha value is -2.47. The smallest absolute Gasteiger partial charge is 0.154 e. The van der Waals surface area contributed by atoms with Gasteiger partial charge in [-0.2, -0.15) is 5.10 Å². The van der Waals surface area contributed by atoms with Crippen molar-refractivity contribution in [3.63, 3.8) is 0 Å². The van der Waals surface area contributed by atoms with E-state index in [1.54, 1.807) is 0 Å². The van der Waals surface area contributed by atoms with Crippen LogP contribution in [0.2, 0.25) is 0 Å². The molecule has 6 nitrogen and oxygen atoms in total. The molecule has 0 N–H and O–H groups in total. The number of hydrogen-bond acceptors (Lipinski definition) is 5. The van der Waals surface area contributed by atoms with Gasteiger partial charge in [-0.3, -0.25) is 9.88 Å². The van der Waals surface area contributed by atoms with Crippen LogP contribution in [-0.4, -0.2) is 50.7 Å². The molecule has 118 valence electrons. The highest BCUT2D eigenvalue weighted by atomic mass is 15.3. The van der Waals surface area contributed by atoms with Gasteiger partial charge in [0, 0.05) is 51.3 Å². The molecule has 23 heavy (non-hydrogen) atoms. The molecule has 0 bridgehead atoms. The van der Waals surface area contributed by atoms with Crippen LogP contribution >= 0.6 is 0 Å². The largest absolute Gasteiger partial charge is 0.352 e. The van der Waals surface area contributed by atoms with Crippen LogP contribution < -0.4 is 4.90 Å². The highest BCUT2D eigenvalue weighted by Gasteiger charge is 2.20. The molecule has 0 aliphatic carbocycles. The molecule has 0 unspecified atom stereocenters. The van der Waals surface area contributed by atoms with E-state index >= 15 is 0 Å². The van der Waals surface area contributed by atoms with Gasteiger partial charge >= 0.3 is 0 Å². The molecule has 6 heteroatoms. The van der Waals surface area contributed by atoms with Crippen molar-refractivity contribution in [2.75, 3.05) is 31.1 Å². The summed E-state index contributed by atoms with van der Waals surface area (Å²) >= 11 is 0. The van der Waals surface area contributed by atoms with Crippen molar-refractivity contribution in [2.45, 2.75) is 13.5 Å². The molecule has 1 aliphatic rings. The van der Waals surface area contributed by atoms with Crippen LogP contribution in [0.1, 0.15) is 11.4 Å². The Morgan fingerprint density at radius 2 is 1.91 bits per heavy atom. The van der Waals surface area contributed by atoms with Crippen molar-refractivity contribution in [3.05, 3.63) is 54.2 Å². The molecule has 0 radical (unpaired) electrons. The number of anilines is 1. The van der Waals surface area contributed by atoms with E-state index in [4.69, 9.17) is 0 Å². The third-order valence-electron chi connectivity index (χ3n) is 4.28. The molecular formula is C17H20N6. The zero-order valence-electron chi connectivity index (χ0n) is 13.3. The molecular weight excluding hydrogens is 288 g/mol. The Morgan fingerprint density at radius 3 is 2.70 bits per heavy atom. The summed E-state index contributed by atoms with van der Waals surface area (Å²) < 4.78 is 1.91. The normalized spacial score (nSPS) is 16.1. The molecule has 0 saturated carbocycles. The van der Waals surface area contributed by atoms with Gasteiger partial charge in [0.2, 0.25) is 0 Å². The van der Waals surface area contributed by atoms with Crippen LogP contribution in [0.5, 0.6) is 0 Å². The van der Waals surface area contributed by atoms with Crippen molar-refractivity contribution < 1.29 is 0 Å². The number of aryl methyl sites for hydroxylation is 1. The molecule has 4 rings (SSSR count). The Labute approximate surface area is 135 Å². The lowest BCUT2D eigenvalue weighted by Gasteiger charge is -2.35. The standard InChI is InChI=1S/C17H20N6/c1-14-12-16-17(19-6-7-23(16)20-14)22-10-8-21(9-11-22)13-15-4-2-3-5-18-15/h2-7,12H,8-11,13H2,1H3. The number of fused-ring (bicyclic) bond motifs is 1. The number of pyridine rings is 1. The van der Waals surface area contributed by atoms with E-state index in [0.29, 0.717) is 0 Å². The second-order valence-electron chi connectivity index (χ2n) is 5.95. The predicted molar refractivity (Wildman–Crippen MR) is 89.5 cm³/mol. The van der Waals surface area contributed by atoms with Crippen molar-refractivity contribution in [1.29, 1.82) is 0 Å². The minimum atomic E-state index is 0.915. The summed E-state index contributed by atoms with van der Waals surface area (Å²) in [6.45, 7) is 6.92. The SMILES string of the molecule is Cc1cc2c(N3CCN(Cc4ccccn4)CC3)nccn2n1. The van der Waals surface area contributed by atoms with Gasteiger partial charge < -0.3 is 4.90 Å². The number of rotatable bonds is 3. The van der Waals surface area contributed by atoms with E-state index in [2.05, 4.69) is 37.0 Å². The summed E-state index contributed by atoms with van der Waals surface area (Å²) in [5.74, 6) is 1.03. The van der Waals surface area contributed by atoms with Crippen LogP contribution in [0.25, 0.3) is 5.52 Å². The molecule has 1 saturated heterocycles. The summed E-state index contributed by atoms with van der Waals surface area (Å²) in [6.07, 6.45) is 5.59. The number of aromatic nitrogens is 4. The third kappa shape index (κ3) is 2.90. The minimum absolute atomic E-state index is 0.915. The Bertz CT molecular complexity index is 789. The van der Waals surface area contributed by atoms with Crippen molar-refractivity contribution in [1.82, 2.24) is 24.5 Å².